The van der Waals surface area contributed by atoms with Crippen LogP contribution in [0.5, 0.6) is 0 Å². The first-order valence-electron chi connectivity index (χ1n) is 10.1. The first kappa shape index (κ1) is 18.5. The number of nitrogens with one attached hydrogen (secondary N) is 1. The number of aryl methyl sites for hydroxylation is 2. The third-order valence-corrected chi connectivity index (χ3v) is 6.98. The maximum Gasteiger partial charge on any atom is 0.261 e. The third-order valence-electron chi connectivity index (χ3n) is 5.75. The van der Waals surface area contributed by atoms with Gasteiger partial charge < -0.3 is 15.1 Å². The number of para-hydroxylation sites is 1. The van der Waals surface area contributed by atoms with Crippen molar-refractivity contribution >= 4 is 22.9 Å². The maximum atomic E-state index is 12.7. The zero-order valence-corrected chi connectivity index (χ0v) is 17.0. The van der Waals surface area contributed by atoms with Crippen LogP contribution in [-0.4, -0.2) is 44.0 Å². The highest BCUT2D eigenvalue weighted by Crippen LogP contribution is 2.29. The van der Waals surface area contributed by atoms with Crippen LogP contribution in [0.4, 0.5) is 5.69 Å². The van der Waals surface area contributed by atoms with Gasteiger partial charge in [0.25, 0.3) is 5.91 Å². The summed E-state index contributed by atoms with van der Waals surface area (Å²) in [5.74, 6) is 0.0706. The van der Waals surface area contributed by atoms with Crippen LogP contribution in [0.25, 0.3) is 0 Å². The van der Waals surface area contributed by atoms with E-state index in [4.69, 9.17) is 0 Å². The highest BCUT2D eigenvalue weighted by Gasteiger charge is 2.19. The molecule has 2 aromatic rings. The Balaban J connectivity index is 1.42. The van der Waals surface area contributed by atoms with E-state index in [1.54, 1.807) is 11.3 Å². The van der Waals surface area contributed by atoms with E-state index < -0.39 is 0 Å². The van der Waals surface area contributed by atoms with Crippen LogP contribution in [0.15, 0.2) is 30.3 Å². The minimum atomic E-state index is 0.0706. The molecule has 1 aliphatic heterocycles. The van der Waals surface area contributed by atoms with Gasteiger partial charge in [0.2, 0.25) is 0 Å². The van der Waals surface area contributed by atoms with Crippen molar-refractivity contribution in [1.29, 1.82) is 0 Å². The van der Waals surface area contributed by atoms with Gasteiger partial charge in [0, 0.05) is 43.3 Å². The molecule has 0 atom stereocenters. The monoisotopic (exact) mass is 383 g/mol. The Kier molecular flexibility index (Phi) is 5.79. The summed E-state index contributed by atoms with van der Waals surface area (Å²) < 4.78 is 0. The molecule has 0 bridgehead atoms. The Morgan fingerprint density at radius 1 is 1.07 bits per heavy atom. The van der Waals surface area contributed by atoms with Crippen molar-refractivity contribution in [3.63, 3.8) is 0 Å². The maximum absolute atomic E-state index is 12.7. The van der Waals surface area contributed by atoms with E-state index in [2.05, 4.69) is 52.5 Å². The molecule has 0 radical (unpaired) electrons. The zero-order chi connectivity index (χ0) is 18.6. The van der Waals surface area contributed by atoms with Crippen molar-refractivity contribution in [2.75, 3.05) is 38.1 Å². The Bertz CT molecular complexity index is 769. The first-order valence-corrected chi connectivity index (χ1v) is 10.9. The molecule has 0 unspecified atom stereocenters. The number of hydrogen-bond donors (Lipinski definition) is 1. The highest BCUT2D eigenvalue weighted by molar-refractivity contribution is 7.14. The number of hydrogen-bond acceptors (Lipinski definition) is 4. The van der Waals surface area contributed by atoms with Gasteiger partial charge in [-0.1, -0.05) is 24.6 Å². The molecule has 1 aromatic heterocycles. The number of likely N-dealkylation sites (N-methyl/N-ethyl adjacent to an activating group) is 1. The predicted octanol–water partition coefficient (Wildman–Crippen LogP) is 3.70. The van der Waals surface area contributed by atoms with Gasteiger partial charge in [-0.2, -0.15) is 0 Å². The van der Waals surface area contributed by atoms with Crippen molar-refractivity contribution in [3.8, 4) is 0 Å². The van der Waals surface area contributed by atoms with Gasteiger partial charge >= 0.3 is 0 Å². The topological polar surface area (TPSA) is 35.6 Å². The number of carbonyl (C=O) groups excluding carboxylic acids is 1. The summed E-state index contributed by atoms with van der Waals surface area (Å²) in [6.45, 7) is 4.84. The SMILES string of the molecule is CN1CCN(c2ccccc2CNC(=O)c2cc3c(s2)CCCCC3)CC1. The lowest BCUT2D eigenvalue weighted by atomic mass is 10.1. The highest BCUT2D eigenvalue weighted by atomic mass is 32.1. The van der Waals surface area contributed by atoms with Crippen molar-refractivity contribution in [2.45, 2.75) is 38.6 Å². The van der Waals surface area contributed by atoms with Crippen LogP contribution in [-0.2, 0) is 19.4 Å². The molecule has 27 heavy (non-hydrogen) atoms. The zero-order valence-electron chi connectivity index (χ0n) is 16.2. The Morgan fingerprint density at radius 2 is 1.85 bits per heavy atom. The molecule has 1 fully saturated rings. The van der Waals surface area contributed by atoms with E-state index in [0.717, 1.165) is 43.9 Å². The number of anilines is 1. The van der Waals surface area contributed by atoms with E-state index in [-0.39, 0.29) is 5.91 Å². The number of rotatable bonds is 4. The second-order valence-electron chi connectivity index (χ2n) is 7.72. The summed E-state index contributed by atoms with van der Waals surface area (Å²) in [7, 11) is 2.17. The lowest BCUT2D eigenvalue weighted by molar-refractivity contribution is 0.0955. The summed E-state index contributed by atoms with van der Waals surface area (Å²) in [6, 6.07) is 10.6. The molecule has 0 saturated carbocycles. The second-order valence-corrected chi connectivity index (χ2v) is 8.86. The van der Waals surface area contributed by atoms with Gasteiger partial charge in [-0.05, 0) is 56.0 Å². The second kappa shape index (κ2) is 8.44. The normalized spacial score (nSPS) is 18.0. The Morgan fingerprint density at radius 3 is 2.70 bits per heavy atom. The quantitative estimate of drug-likeness (QED) is 0.818. The average molecular weight is 384 g/mol. The summed E-state index contributed by atoms with van der Waals surface area (Å²) in [5.41, 5.74) is 3.86. The summed E-state index contributed by atoms with van der Waals surface area (Å²) in [4.78, 5) is 19.8. The summed E-state index contributed by atoms with van der Waals surface area (Å²) in [6.07, 6.45) is 6.09. The molecular weight excluding hydrogens is 354 g/mol. The number of piperazine rings is 1. The van der Waals surface area contributed by atoms with E-state index in [0.29, 0.717) is 6.54 Å². The van der Waals surface area contributed by atoms with Crippen LogP contribution in [0.3, 0.4) is 0 Å². The van der Waals surface area contributed by atoms with Gasteiger partial charge in [-0.15, -0.1) is 11.3 Å². The average Bonchev–Trinajstić information content (AvgIpc) is 2.98. The van der Waals surface area contributed by atoms with Crippen molar-refractivity contribution in [3.05, 3.63) is 51.2 Å². The number of carbonyl (C=O) groups is 1. The molecule has 1 saturated heterocycles. The fourth-order valence-electron chi connectivity index (χ4n) is 4.06. The molecular formula is C22H29N3OS. The molecule has 144 valence electrons. The molecule has 1 aromatic carbocycles. The molecule has 1 N–H and O–H groups in total. The van der Waals surface area contributed by atoms with Gasteiger partial charge in [-0.25, -0.2) is 0 Å². The summed E-state index contributed by atoms with van der Waals surface area (Å²) in [5, 5.41) is 3.16. The van der Waals surface area contributed by atoms with Crippen LogP contribution >= 0.6 is 11.3 Å². The number of amides is 1. The van der Waals surface area contributed by atoms with E-state index in [1.165, 1.54) is 41.0 Å². The molecule has 4 rings (SSSR count). The number of nitrogens with zero attached hydrogens (tertiary/aromatic N) is 2. The van der Waals surface area contributed by atoms with Gasteiger partial charge in [0.05, 0.1) is 4.88 Å². The van der Waals surface area contributed by atoms with Crippen molar-refractivity contribution in [1.82, 2.24) is 10.2 Å². The molecule has 2 aliphatic rings. The van der Waals surface area contributed by atoms with E-state index in [9.17, 15) is 4.79 Å². The lowest BCUT2D eigenvalue weighted by Crippen LogP contribution is -2.45. The lowest BCUT2D eigenvalue weighted by Gasteiger charge is -2.35. The molecule has 1 aliphatic carbocycles. The third kappa shape index (κ3) is 4.36. The minimum absolute atomic E-state index is 0.0706. The molecule has 0 spiro atoms. The number of fused-ring (bicyclic) bond motifs is 1. The largest absolute Gasteiger partial charge is 0.369 e. The van der Waals surface area contributed by atoms with Gasteiger partial charge in [-0.3, -0.25) is 4.79 Å². The number of benzene rings is 1. The van der Waals surface area contributed by atoms with Crippen LogP contribution < -0.4 is 10.2 Å². The fraction of sp³-hybridized carbons (Fsp3) is 0.500. The van der Waals surface area contributed by atoms with Crippen LogP contribution in [0.1, 0.15) is 44.9 Å². The summed E-state index contributed by atoms with van der Waals surface area (Å²) >= 11 is 1.70. The Hall–Kier alpha value is -1.85. The van der Waals surface area contributed by atoms with E-state index >= 15 is 0 Å². The standard InChI is InChI=1S/C22H29N3OS/c1-24-11-13-25(14-12-24)19-9-6-5-8-18(19)16-23-22(26)21-15-17-7-3-2-4-10-20(17)27-21/h5-6,8-9,15H,2-4,7,10-14,16H2,1H3,(H,23,26). The predicted molar refractivity (Wildman–Crippen MR) is 113 cm³/mol. The van der Waals surface area contributed by atoms with Crippen LogP contribution in [0.2, 0.25) is 0 Å². The molecule has 5 heteroatoms. The molecule has 2 heterocycles. The van der Waals surface area contributed by atoms with Gasteiger partial charge in [0.1, 0.15) is 0 Å². The molecule has 4 nitrogen and oxygen atoms in total. The van der Waals surface area contributed by atoms with E-state index in [1.807, 2.05) is 0 Å². The minimum Gasteiger partial charge on any atom is -0.369 e. The smallest absolute Gasteiger partial charge is 0.261 e. The van der Waals surface area contributed by atoms with Gasteiger partial charge in [0.15, 0.2) is 0 Å². The first-order chi connectivity index (χ1) is 13.2. The van der Waals surface area contributed by atoms with Crippen LogP contribution in [0, 0.1) is 0 Å². The number of thiophene rings is 1. The fourth-order valence-corrected chi connectivity index (χ4v) is 5.23. The van der Waals surface area contributed by atoms with Crippen molar-refractivity contribution < 1.29 is 4.79 Å². The molecule has 1 amide bonds. The van der Waals surface area contributed by atoms with Crippen molar-refractivity contribution in [2.24, 2.45) is 0 Å². The Labute approximate surface area is 166 Å².